The summed E-state index contributed by atoms with van der Waals surface area (Å²) >= 11 is 1.67. The van der Waals surface area contributed by atoms with E-state index in [9.17, 15) is 0 Å². The quantitative estimate of drug-likeness (QED) is 0.833. The van der Waals surface area contributed by atoms with Gasteiger partial charge in [0, 0.05) is 4.90 Å². The minimum Gasteiger partial charge on any atom is -0.356 e. The van der Waals surface area contributed by atoms with Crippen molar-refractivity contribution >= 4 is 11.8 Å². The minimum absolute atomic E-state index is 0.123. The SMILES string of the molecule is CC1(C)OCC([C@H]2O[C@H](Sc3ccccc3)C3OC(C)(C)OC32)O1. The maximum atomic E-state index is 6.31. The number of hydrogen-bond acceptors (Lipinski definition) is 6. The molecule has 0 N–H and O–H groups in total. The third kappa shape index (κ3) is 3.23. The van der Waals surface area contributed by atoms with Gasteiger partial charge < -0.3 is 23.7 Å². The van der Waals surface area contributed by atoms with Crippen molar-refractivity contribution in [3.63, 3.8) is 0 Å². The van der Waals surface area contributed by atoms with Gasteiger partial charge in [0.25, 0.3) is 0 Å². The molecule has 5 atom stereocenters. The summed E-state index contributed by atoms with van der Waals surface area (Å²) in [5.41, 5.74) is -0.128. The van der Waals surface area contributed by atoms with Crippen LogP contribution < -0.4 is 0 Å². The van der Waals surface area contributed by atoms with Crippen LogP contribution in [0.4, 0.5) is 0 Å². The Kier molecular flexibility index (Phi) is 4.18. The topological polar surface area (TPSA) is 46.2 Å². The second-order valence-electron chi connectivity index (χ2n) is 7.33. The summed E-state index contributed by atoms with van der Waals surface area (Å²) < 4.78 is 30.3. The summed E-state index contributed by atoms with van der Waals surface area (Å²) in [5.74, 6) is -1.19. The largest absolute Gasteiger partial charge is 0.356 e. The molecule has 3 heterocycles. The van der Waals surface area contributed by atoms with Crippen molar-refractivity contribution in [2.75, 3.05) is 6.61 Å². The smallest absolute Gasteiger partial charge is 0.164 e. The van der Waals surface area contributed by atoms with Gasteiger partial charge >= 0.3 is 0 Å². The van der Waals surface area contributed by atoms with Crippen LogP contribution in [-0.4, -0.2) is 48.0 Å². The van der Waals surface area contributed by atoms with Gasteiger partial charge in [0.2, 0.25) is 0 Å². The lowest BCUT2D eigenvalue weighted by Gasteiger charge is -2.26. The van der Waals surface area contributed by atoms with Crippen LogP contribution in [-0.2, 0) is 23.7 Å². The van der Waals surface area contributed by atoms with Crippen molar-refractivity contribution < 1.29 is 23.7 Å². The average molecular weight is 352 g/mol. The van der Waals surface area contributed by atoms with Gasteiger partial charge in [-0.3, -0.25) is 0 Å². The molecular formula is C18H24O5S. The Balaban J connectivity index is 1.54. The molecule has 3 aliphatic rings. The molecule has 0 bridgehead atoms. The Morgan fingerprint density at radius 2 is 1.58 bits per heavy atom. The number of rotatable bonds is 3. The summed E-state index contributed by atoms with van der Waals surface area (Å²) in [4.78, 5) is 1.15. The lowest BCUT2D eigenvalue weighted by atomic mass is 10.1. The first-order valence-corrected chi connectivity index (χ1v) is 9.26. The van der Waals surface area contributed by atoms with Crippen LogP contribution in [0.25, 0.3) is 0 Å². The van der Waals surface area contributed by atoms with E-state index in [-0.39, 0.29) is 29.9 Å². The molecule has 3 aliphatic heterocycles. The number of fused-ring (bicyclic) bond motifs is 1. The van der Waals surface area contributed by atoms with Crippen molar-refractivity contribution in [1.82, 2.24) is 0 Å². The maximum absolute atomic E-state index is 6.31. The molecule has 0 saturated carbocycles. The molecule has 1 aromatic carbocycles. The van der Waals surface area contributed by atoms with Crippen molar-refractivity contribution in [1.29, 1.82) is 0 Å². The molecule has 3 fully saturated rings. The molecule has 132 valence electrons. The molecule has 0 aliphatic carbocycles. The average Bonchev–Trinajstić information content (AvgIpc) is 3.12. The Morgan fingerprint density at radius 3 is 2.25 bits per heavy atom. The first-order valence-electron chi connectivity index (χ1n) is 8.38. The van der Waals surface area contributed by atoms with Crippen molar-refractivity contribution in [3.8, 4) is 0 Å². The Hall–Kier alpha value is -0.630. The second-order valence-corrected chi connectivity index (χ2v) is 8.50. The molecule has 0 aromatic heterocycles. The van der Waals surface area contributed by atoms with E-state index in [0.717, 1.165) is 4.90 Å². The summed E-state index contributed by atoms with van der Waals surface area (Å²) in [6.07, 6.45) is -0.614. The van der Waals surface area contributed by atoms with Gasteiger partial charge in [-0.2, -0.15) is 0 Å². The van der Waals surface area contributed by atoms with Crippen LogP contribution in [0.15, 0.2) is 35.2 Å². The van der Waals surface area contributed by atoms with Gasteiger partial charge in [0.1, 0.15) is 29.9 Å². The third-order valence-corrected chi connectivity index (χ3v) is 5.60. The van der Waals surface area contributed by atoms with E-state index < -0.39 is 11.6 Å². The molecule has 0 amide bonds. The maximum Gasteiger partial charge on any atom is 0.164 e. The molecular weight excluding hydrogens is 328 g/mol. The predicted octanol–water partition coefficient (Wildman–Crippen LogP) is 3.18. The summed E-state index contributed by atoms with van der Waals surface area (Å²) in [6.45, 7) is 8.25. The molecule has 0 spiro atoms. The summed E-state index contributed by atoms with van der Waals surface area (Å²) in [6, 6.07) is 10.2. The highest BCUT2D eigenvalue weighted by Gasteiger charge is 2.59. The van der Waals surface area contributed by atoms with E-state index in [1.807, 2.05) is 45.9 Å². The van der Waals surface area contributed by atoms with Gasteiger partial charge in [0.15, 0.2) is 11.6 Å². The molecule has 4 rings (SSSR count). The molecule has 3 saturated heterocycles. The third-order valence-electron chi connectivity index (χ3n) is 4.44. The lowest BCUT2D eigenvalue weighted by molar-refractivity contribution is -0.198. The zero-order chi connectivity index (χ0) is 16.9. The molecule has 6 heteroatoms. The van der Waals surface area contributed by atoms with E-state index in [1.54, 1.807) is 11.8 Å². The number of thioether (sulfide) groups is 1. The van der Waals surface area contributed by atoms with Crippen LogP contribution >= 0.6 is 11.8 Å². The number of hydrogen-bond donors (Lipinski definition) is 0. The van der Waals surface area contributed by atoms with Crippen LogP contribution in [0.1, 0.15) is 27.7 Å². The van der Waals surface area contributed by atoms with Crippen LogP contribution in [0, 0.1) is 0 Å². The fraction of sp³-hybridized carbons (Fsp3) is 0.667. The van der Waals surface area contributed by atoms with Crippen LogP contribution in [0.3, 0.4) is 0 Å². The monoisotopic (exact) mass is 352 g/mol. The fourth-order valence-electron chi connectivity index (χ4n) is 3.50. The van der Waals surface area contributed by atoms with Gasteiger partial charge in [-0.25, -0.2) is 0 Å². The van der Waals surface area contributed by atoms with E-state index in [2.05, 4.69) is 12.1 Å². The van der Waals surface area contributed by atoms with Gasteiger partial charge in [-0.15, -0.1) is 0 Å². The van der Waals surface area contributed by atoms with Crippen LogP contribution in [0.2, 0.25) is 0 Å². The van der Waals surface area contributed by atoms with Crippen molar-refractivity contribution in [3.05, 3.63) is 30.3 Å². The molecule has 0 radical (unpaired) electrons. The lowest BCUT2D eigenvalue weighted by Crippen LogP contribution is -2.40. The summed E-state index contributed by atoms with van der Waals surface area (Å²) in [5, 5.41) is 0. The highest BCUT2D eigenvalue weighted by Crippen LogP contribution is 2.46. The van der Waals surface area contributed by atoms with Crippen molar-refractivity contribution in [2.45, 2.75) is 74.0 Å². The van der Waals surface area contributed by atoms with E-state index >= 15 is 0 Å². The van der Waals surface area contributed by atoms with Gasteiger partial charge in [0.05, 0.1) is 6.61 Å². The highest BCUT2D eigenvalue weighted by molar-refractivity contribution is 7.99. The number of benzene rings is 1. The first-order chi connectivity index (χ1) is 11.3. The number of ether oxygens (including phenoxy) is 5. The zero-order valence-corrected chi connectivity index (χ0v) is 15.2. The van der Waals surface area contributed by atoms with Gasteiger partial charge in [-0.1, -0.05) is 30.0 Å². The van der Waals surface area contributed by atoms with E-state index in [4.69, 9.17) is 23.7 Å². The standard InChI is InChI=1S/C18H24O5S/c1-17(2)19-10-12(21-17)13-14-15(23-18(3,4)22-14)16(20-13)24-11-8-6-5-7-9-11/h5-9,12-16H,10H2,1-4H3/t12?,13-,14?,15?,16-/m1/s1. The van der Waals surface area contributed by atoms with E-state index in [0.29, 0.717) is 6.61 Å². The fourth-order valence-corrected chi connectivity index (χ4v) is 4.61. The van der Waals surface area contributed by atoms with Gasteiger partial charge in [-0.05, 0) is 39.8 Å². The Labute approximate surface area is 146 Å². The molecule has 5 nitrogen and oxygen atoms in total. The van der Waals surface area contributed by atoms with Crippen molar-refractivity contribution in [2.24, 2.45) is 0 Å². The van der Waals surface area contributed by atoms with Crippen LogP contribution in [0.5, 0.6) is 0 Å². The molecule has 24 heavy (non-hydrogen) atoms. The molecule has 3 unspecified atom stereocenters. The minimum atomic E-state index is -0.609. The van der Waals surface area contributed by atoms with E-state index in [1.165, 1.54) is 0 Å². The highest BCUT2D eigenvalue weighted by atomic mass is 32.2. The Bertz CT molecular complexity index is 590. The predicted molar refractivity (Wildman–Crippen MR) is 89.7 cm³/mol. The second kappa shape index (κ2) is 5.97. The first kappa shape index (κ1) is 16.8. The normalized spacial score (nSPS) is 39.9. The zero-order valence-electron chi connectivity index (χ0n) is 14.4. The summed E-state index contributed by atoms with van der Waals surface area (Å²) in [7, 11) is 0. The molecule has 1 aromatic rings. The Morgan fingerprint density at radius 1 is 0.875 bits per heavy atom.